The van der Waals surface area contributed by atoms with Crippen LogP contribution >= 0.6 is 11.6 Å². The molecule has 2 fully saturated rings. The number of benzene rings is 1. The summed E-state index contributed by atoms with van der Waals surface area (Å²) in [5, 5.41) is 6.34. The standard InChI is InChI=1S/C18H19ClF3N3O3/c19-10-3-4-11(20)13(14(10)21)15(18(22)5-1-2-6-18)25-16(27)9-7-12(26)24-17(28)23-8-9/h3-4,9,15H,1-2,5-8H2,(H,25,27)(H2,23,24,26,28)/t9-,15?/m0/s1. The van der Waals surface area contributed by atoms with E-state index < -0.39 is 57.7 Å². The van der Waals surface area contributed by atoms with Crippen molar-refractivity contribution < 1.29 is 27.6 Å². The van der Waals surface area contributed by atoms with Crippen molar-refractivity contribution in [2.75, 3.05) is 6.54 Å². The average molecular weight is 418 g/mol. The normalized spacial score (nSPS) is 22.8. The molecule has 0 aromatic heterocycles. The van der Waals surface area contributed by atoms with Crippen molar-refractivity contribution in [3.05, 3.63) is 34.4 Å². The Labute approximate surface area is 164 Å². The third kappa shape index (κ3) is 4.09. The van der Waals surface area contributed by atoms with Crippen LogP contribution in [-0.2, 0) is 9.59 Å². The largest absolute Gasteiger partial charge is 0.346 e. The molecule has 152 valence electrons. The Morgan fingerprint density at radius 3 is 2.61 bits per heavy atom. The molecule has 3 rings (SSSR count). The van der Waals surface area contributed by atoms with Crippen molar-refractivity contribution in [3.8, 4) is 0 Å². The highest BCUT2D eigenvalue weighted by Crippen LogP contribution is 2.45. The summed E-state index contributed by atoms with van der Waals surface area (Å²) in [6.07, 6.45) is 0.733. The first kappa shape index (κ1) is 20.4. The van der Waals surface area contributed by atoms with Crippen LogP contribution in [0.3, 0.4) is 0 Å². The van der Waals surface area contributed by atoms with Crippen LogP contribution < -0.4 is 16.0 Å². The fourth-order valence-corrected chi connectivity index (χ4v) is 3.86. The van der Waals surface area contributed by atoms with Gasteiger partial charge in [-0.1, -0.05) is 24.4 Å². The second-order valence-electron chi connectivity index (χ2n) is 7.10. The lowest BCUT2D eigenvalue weighted by molar-refractivity contribution is -0.130. The zero-order valence-electron chi connectivity index (χ0n) is 14.8. The number of imide groups is 1. The van der Waals surface area contributed by atoms with Crippen LogP contribution in [0.1, 0.15) is 43.7 Å². The molecule has 28 heavy (non-hydrogen) atoms. The molecule has 4 amide bonds. The van der Waals surface area contributed by atoms with Crippen molar-refractivity contribution >= 4 is 29.4 Å². The molecule has 1 unspecified atom stereocenters. The molecule has 1 aromatic carbocycles. The molecular weight excluding hydrogens is 399 g/mol. The third-order valence-electron chi connectivity index (χ3n) is 5.17. The Balaban J connectivity index is 1.93. The maximum absolute atomic E-state index is 15.6. The first-order chi connectivity index (χ1) is 13.2. The minimum Gasteiger partial charge on any atom is -0.346 e. The smallest absolute Gasteiger partial charge is 0.321 e. The zero-order chi connectivity index (χ0) is 20.5. The lowest BCUT2D eigenvalue weighted by atomic mass is 9.87. The van der Waals surface area contributed by atoms with E-state index in [0.717, 1.165) is 12.1 Å². The van der Waals surface area contributed by atoms with E-state index in [1.54, 1.807) is 0 Å². The number of halogens is 4. The number of carbonyl (C=O) groups excluding carboxylic acids is 3. The van der Waals surface area contributed by atoms with Crippen LogP contribution in [0.25, 0.3) is 0 Å². The van der Waals surface area contributed by atoms with Gasteiger partial charge in [0.2, 0.25) is 11.8 Å². The highest BCUT2D eigenvalue weighted by atomic mass is 35.5. The van der Waals surface area contributed by atoms with Gasteiger partial charge in [0.15, 0.2) is 0 Å². The molecule has 1 saturated carbocycles. The molecule has 0 bridgehead atoms. The van der Waals surface area contributed by atoms with Crippen molar-refractivity contribution in [1.82, 2.24) is 16.0 Å². The van der Waals surface area contributed by atoms with E-state index in [9.17, 15) is 23.2 Å². The molecule has 1 aliphatic heterocycles. The number of carbonyl (C=O) groups is 3. The topological polar surface area (TPSA) is 87.3 Å². The highest BCUT2D eigenvalue weighted by Gasteiger charge is 2.46. The van der Waals surface area contributed by atoms with Crippen LogP contribution in [0.15, 0.2) is 12.1 Å². The molecule has 1 heterocycles. The van der Waals surface area contributed by atoms with Gasteiger partial charge >= 0.3 is 6.03 Å². The molecule has 1 aromatic rings. The fraction of sp³-hybridized carbons (Fsp3) is 0.500. The summed E-state index contributed by atoms with van der Waals surface area (Å²) in [6, 6.07) is -0.429. The number of hydrogen-bond acceptors (Lipinski definition) is 3. The fourth-order valence-electron chi connectivity index (χ4n) is 3.70. The molecule has 2 aliphatic rings. The third-order valence-corrected chi connectivity index (χ3v) is 5.46. The van der Waals surface area contributed by atoms with Crippen molar-refractivity contribution in [3.63, 3.8) is 0 Å². The predicted octanol–water partition coefficient (Wildman–Crippen LogP) is 2.90. The number of hydrogen-bond donors (Lipinski definition) is 3. The van der Waals surface area contributed by atoms with Gasteiger partial charge < -0.3 is 10.6 Å². The van der Waals surface area contributed by atoms with E-state index in [0.29, 0.717) is 12.8 Å². The Kier molecular flexibility index (Phi) is 5.83. The minimum absolute atomic E-state index is 0.0191. The van der Waals surface area contributed by atoms with Crippen molar-refractivity contribution in [2.45, 2.75) is 43.8 Å². The maximum Gasteiger partial charge on any atom is 0.321 e. The molecule has 1 saturated heterocycles. The van der Waals surface area contributed by atoms with E-state index in [1.807, 2.05) is 5.32 Å². The summed E-state index contributed by atoms with van der Waals surface area (Å²) < 4.78 is 44.6. The Morgan fingerprint density at radius 2 is 1.93 bits per heavy atom. The van der Waals surface area contributed by atoms with Crippen LogP contribution in [0.5, 0.6) is 0 Å². The van der Waals surface area contributed by atoms with E-state index in [-0.39, 0.29) is 25.8 Å². The lowest BCUT2D eigenvalue weighted by Crippen LogP contribution is -2.46. The summed E-state index contributed by atoms with van der Waals surface area (Å²) in [5.41, 5.74) is -2.70. The van der Waals surface area contributed by atoms with E-state index in [4.69, 9.17) is 11.6 Å². The van der Waals surface area contributed by atoms with Gasteiger partial charge in [0, 0.05) is 13.0 Å². The molecule has 6 nitrogen and oxygen atoms in total. The van der Waals surface area contributed by atoms with E-state index in [1.165, 1.54) is 0 Å². The summed E-state index contributed by atoms with van der Waals surface area (Å²) >= 11 is 5.75. The van der Waals surface area contributed by atoms with E-state index in [2.05, 4.69) is 10.6 Å². The van der Waals surface area contributed by atoms with Gasteiger partial charge in [0.25, 0.3) is 0 Å². The van der Waals surface area contributed by atoms with Gasteiger partial charge in [0.05, 0.1) is 22.5 Å². The Hall–Kier alpha value is -2.29. The Morgan fingerprint density at radius 1 is 1.25 bits per heavy atom. The van der Waals surface area contributed by atoms with Gasteiger partial charge in [-0.3, -0.25) is 14.9 Å². The highest BCUT2D eigenvalue weighted by molar-refractivity contribution is 6.30. The number of alkyl halides is 1. The van der Waals surface area contributed by atoms with E-state index >= 15 is 4.39 Å². The molecule has 10 heteroatoms. The number of urea groups is 1. The lowest BCUT2D eigenvalue weighted by Gasteiger charge is -2.33. The van der Waals surface area contributed by atoms with Crippen molar-refractivity contribution in [1.29, 1.82) is 0 Å². The molecule has 0 radical (unpaired) electrons. The molecule has 2 atom stereocenters. The second kappa shape index (κ2) is 7.98. The predicted molar refractivity (Wildman–Crippen MR) is 94.2 cm³/mol. The van der Waals surface area contributed by atoms with Gasteiger partial charge in [-0.25, -0.2) is 18.0 Å². The summed E-state index contributed by atoms with van der Waals surface area (Å²) in [7, 11) is 0. The minimum atomic E-state index is -2.06. The first-order valence-corrected chi connectivity index (χ1v) is 9.29. The molecule has 1 aliphatic carbocycles. The van der Waals surface area contributed by atoms with Crippen LogP contribution in [0, 0.1) is 17.6 Å². The summed E-state index contributed by atoms with van der Waals surface area (Å²) in [5.74, 6) is -4.64. The van der Waals surface area contributed by atoms with Gasteiger partial charge in [-0.2, -0.15) is 0 Å². The van der Waals surface area contributed by atoms with Gasteiger partial charge in [-0.05, 0) is 25.0 Å². The van der Waals surface area contributed by atoms with Gasteiger partial charge in [0.1, 0.15) is 17.3 Å². The summed E-state index contributed by atoms with van der Waals surface area (Å²) in [6.45, 7) is -0.171. The van der Waals surface area contributed by atoms with Crippen LogP contribution in [0.4, 0.5) is 18.0 Å². The number of rotatable bonds is 4. The second-order valence-corrected chi connectivity index (χ2v) is 7.51. The monoisotopic (exact) mass is 417 g/mol. The number of amides is 4. The van der Waals surface area contributed by atoms with Gasteiger partial charge in [-0.15, -0.1) is 0 Å². The quantitative estimate of drug-likeness (QED) is 0.658. The maximum atomic E-state index is 15.6. The van der Waals surface area contributed by atoms with Crippen LogP contribution in [0.2, 0.25) is 5.02 Å². The average Bonchev–Trinajstić information content (AvgIpc) is 3.00. The summed E-state index contributed by atoms with van der Waals surface area (Å²) in [4.78, 5) is 35.7. The molecular formula is C18H19ClF3N3O3. The molecule has 3 N–H and O–H groups in total. The molecule has 0 spiro atoms. The first-order valence-electron chi connectivity index (χ1n) is 8.91. The zero-order valence-corrected chi connectivity index (χ0v) is 15.5. The van der Waals surface area contributed by atoms with Crippen molar-refractivity contribution in [2.24, 2.45) is 5.92 Å². The van der Waals surface area contributed by atoms with Crippen LogP contribution in [-0.4, -0.2) is 30.1 Å². The number of nitrogens with one attached hydrogen (secondary N) is 3. The SMILES string of the molecule is O=C1C[C@H](C(=O)NC(c2c(F)ccc(Cl)c2F)C2(F)CCCC2)CNC(=O)N1. The Bertz CT molecular complexity index is 815.